The maximum absolute atomic E-state index is 12.4. The average molecular weight is 288 g/mol. The molecule has 1 atom stereocenters. The number of rotatable bonds is 5. The Labute approximate surface area is 128 Å². The lowest BCUT2D eigenvalue weighted by molar-refractivity contribution is 0.0919. The molecule has 0 bridgehead atoms. The Morgan fingerprint density at radius 1 is 1.29 bits per heavy atom. The van der Waals surface area contributed by atoms with Crippen LogP contribution in [0.4, 0.5) is 5.69 Å². The van der Waals surface area contributed by atoms with Crippen LogP contribution in [0.2, 0.25) is 0 Å². The molecular formula is C18H28N2O. The number of carbonyl (C=O) groups is 1. The summed E-state index contributed by atoms with van der Waals surface area (Å²) in [4.78, 5) is 12.4. The second kappa shape index (κ2) is 7.48. The van der Waals surface area contributed by atoms with E-state index in [1.54, 1.807) is 0 Å². The van der Waals surface area contributed by atoms with Crippen molar-refractivity contribution in [3.63, 3.8) is 0 Å². The zero-order valence-electron chi connectivity index (χ0n) is 13.5. The van der Waals surface area contributed by atoms with Gasteiger partial charge in [-0.05, 0) is 63.3 Å². The molecule has 1 saturated carbocycles. The predicted molar refractivity (Wildman–Crippen MR) is 88.8 cm³/mol. The molecule has 0 heterocycles. The van der Waals surface area contributed by atoms with Crippen molar-refractivity contribution in [1.29, 1.82) is 0 Å². The number of benzene rings is 1. The molecule has 116 valence electrons. The zero-order valence-corrected chi connectivity index (χ0v) is 13.5. The van der Waals surface area contributed by atoms with Gasteiger partial charge in [0.25, 0.3) is 5.91 Å². The Kier molecular flexibility index (Phi) is 5.66. The first-order chi connectivity index (χ1) is 10.1. The van der Waals surface area contributed by atoms with Crippen LogP contribution in [0.5, 0.6) is 0 Å². The second-order valence-electron chi connectivity index (χ2n) is 6.22. The lowest BCUT2D eigenvalue weighted by atomic mass is 9.84. The quantitative estimate of drug-likeness (QED) is 0.855. The summed E-state index contributed by atoms with van der Waals surface area (Å²) in [5.74, 6) is 0.698. The van der Waals surface area contributed by atoms with Gasteiger partial charge in [-0.2, -0.15) is 0 Å². The van der Waals surface area contributed by atoms with Crippen molar-refractivity contribution >= 4 is 11.6 Å². The monoisotopic (exact) mass is 288 g/mol. The van der Waals surface area contributed by atoms with E-state index < -0.39 is 0 Å². The SMILES string of the molecule is CCNc1ccc(C(=O)NC(C)C2CCCCC2)cc1C. The van der Waals surface area contributed by atoms with Gasteiger partial charge in [0, 0.05) is 23.8 Å². The first-order valence-corrected chi connectivity index (χ1v) is 8.27. The Bertz CT molecular complexity index is 478. The largest absolute Gasteiger partial charge is 0.385 e. The van der Waals surface area contributed by atoms with Gasteiger partial charge in [0.2, 0.25) is 0 Å². The summed E-state index contributed by atoms with van der Waals surface area (Å²) >= 11 is 0. The van der Waals surface area contributed by atoms with E-state index in [2.05, 4.69) is 24.5 Å². The van der Waals surface area contributed by atoms with Gasteiger partial charge in [-0.25, -0.2) is 0 Å². The number of carbonyl (C=O) groups excluding carboxylic acids is 1. The number of amides is 1. The number of hydrogen-bond acceptors (Lipinski definition) is 2. The molecule has 3 nitrogen and oxygen atoms in total. The van der Waals surface area contributed by atoms with Gasteiger partial charge in [-0.1, -0.05) is 19.3 Å². The van der Waals surface area contributed by atoms with Gasteiger partial charge < -0.3 is 10.6 Å². The molecule has 3 heteroatoms. The molecule has 1 aliphatic carbocycles. The summed E-state index contributed by atoms with van der Waals surface area (Å²) in [6.45, 7) is 7.16. The molecule has 0 aliphatic heterocycles. The van der Waals surface area contributed by atoms with Crippen LogP contribution in [0.3, 0.4) is 0 Å². The van der Waals surface area contributed by atoms with E-state index in [9.17, 15) is 4.79 Å². The molecule has 2 N–H and O–H groups in total. The number of anilines is 1. The van der Waals surface area contributed by atoms with Crippen LogP contribution < -0.4 is 10.6 Å². The molecular weight excluding hydrogens is 260 g/mol. The third-order valence-electron chi connectivity index (χ3n) is 4.57. The molecule has 1 unspecified atom stereocenters. The highest BCUT2D eigenvalue weighted by atomic mass is 16.1. The molecule has 0 saturated heterocycles. The molecule has 0 aromatic heterocycles. The Morgan fingerprint density at radius 2 is 2.00 bits per heavy atom. The number of hydrogen-bond donors (Lipinski definition) is 2. The highest BCUT2D eigenvalue weighted by molar-refractivity contribution is 5.95. The Morgan fingerprint density at radius 3 is 2.62 bits per heavy atom. The fourth-order valence-corrected chi connectivity index (χ4v) is 3.24. The fraction of sp³-hybridized carbons (Fsp3) is 0.611. The van der Waals surface area contributed by atoms with Gasteiger partial charge in [-0.3, -0.25) is 4.79 Å². The minimum atomic E-state index is 0.0548. The Balaban J connectivity index is 1.97. The van der Waals surface area contributed by atoms with Gasteiger partial charge in [0.15, 0.2) is 0 Å². The molecule has 1 fully saturated rings. The Hall–Kier alpha value is -1.51. The van der Waals surface area contributed by atoms with E-state index in [0.29, 0.717) is 5.92 Å². The summed E-state index contributed by atoms with van der Waals surface area (Å²) in [6, 6.07) is 6.15. The molecule has 1 aromatic rings. The van der Waals surface area contributed by atoms with Crippen molar-refractivity contribution in [2.45, 2.75) is 58.9 Å². The lowest BCUT2D eigenvalue weighted by Crippen LogP contribution is -2.38. The summed E-state index contributed by atoms with van der Waals surface area (Å²) in [6.07, 6.45) is 6.46. The summed E-state index contributed by atoms with van der Waals surface area (Å²) in [5, 5.41) is 6.49. The molecule has 1 aromatic carbocycles. The van der Waals surface area contributed by atoms with E-state index in [0.717, 1.165) is 23.4 Å². The first kappa shape index (κ1) is 15.9. The minimum absolute atomic E-state index is 0.0548. The van der Waals surface area contributed by atoms with E-state index in [-0.39, 0.29) is 11.9 Å². The average Bonchev–Trinajstić information content (AvgIpc) is 2.50. The zero-order chi connectivity index (χ0) is 15.2. The van der Waals surface area contributed by atoms with E-state index >= 15 is 0 Å². The van der Waals surface area contributed by atoms with Crippen molar-refractivity contribution < 1.29 is 4.79 Å². The van der Waals surface area contributed by atoms with E-state index in [1.165, 1.54) is 32.1 Å². The van der Waals surface area contributed by atoms with Crippen molar-refractivity contribution in [2.75, 3.05) is 11.9 Å². The normalized spacial score (nSPS) is 17.3. The number of nitrogens with one attached hydrogen (secondary N) is 2. The predicted octanol–water partition coefficient (Wildman–Crippen LogP) is 4.13. The highest BCUT2D eigenvalue weighted by Crippen LogP contribution is 2.26. The van der Waals surface area contributed by atoms with Gasteiger partial charge in [0.1, 0.15) is 0 Å². The van der Waals surface area contributed by atoms with Crippen molar-refractivity contribution in [3.8, 4) is 0 Å². The maximum atomic E-state index is 12.4. The molecule has 1 amide bonds. The van der Waals surface area contributed by atoms with Gasteiger partial charge in [-0.15, -0.1) is 0 Å². The molecule has 21 heavy (non-hydrogen) atoms. The van der Waals surface area contributed by atoms with Crippen molar-refractivity contribution in [1.82, 2.24) is 5.32 Å². The van der Waals surface area contributed by atoms with Crippen LogP contribution in [0, 0.1) is 12.8 Å². The molecule has 0 spiro atoms. The van der Waals surface area contributed by atoms with Gasteiger partial charge in [0.05, 0.1) is 0 Å². The summed E-state index contributed by atoms with van der Waals surface area (Å²) in [7, 11) is 0. The maximum Gasteiger partial charge on any atom is 0.251 e. The van der Waals surface area contributed by atoms with Crippen LogP contribution in [-0.4, -0.2) is 18.5 Å². The van der Waals surface area contributed by atoms with Crippen LogP contribution in [-0.2, 0) is 0 Å². The highest BCUT2D eigenvalue weighted by Gasteiger charge is 2.21. The van der Waals surface area contributed by atoms with E-state index in [1.807, 2.05) is 25.1 Å². The molecule has 0 radical (unpaired) electrons. The fourth-order valence-electron chi connectivity index (χ4n) is 3.24. The molecule has 1 aliphatic rings. The van der Waals surface area contributed by atoms with Crippen LogP contribution in [0.15, 0.2) is 18.2 Å². The summed E-state index contributed by atoms with van der Waals surface area (Å²) in [5.41, 5.74) is 2.99. The first-order valence-electron chi connectivity index (χ1n) is 8.27. The third kappa shape index (κ3) is 4.23. The van der Waals surface area contributed by atoms with Crippen LogP contribution in [0.25, 0.3) is 0 Å². The summed E-state index contributed by atoms with van der Waals surface area (Å²) < 4.78 is 0. The second-order valence-corrected chi connectivity index (χ2v) is 6.22. The standard InChI is InChI=1S/C18H28N2O/c1-4-19-17-11-10-16(12-13(17)2)18(21)20-14(3)15-8-6-5-7-9-15/h10-12,14-15,19H,4-9H2,1-3H3,(H,20,21). The van der Waals surface area contributed by atoms with Crippen LogP contribution >= 0.6 is 0 Å². The number of aryl methyl sites for hydroxylation is 1. The minimum Gasteiger partial charge on any atom is -0.385 e. The third-order valence-corrected chi connectivity index (χ3v) is 4.57. The van der Waals surface area contributed by atoms with Crippen LogP contribution in [0.1, 0.15) is 61.9 Å². The van der Waals surface area contributed by atoms with Crippen molar-refractivity contribution in [3.05, 3.63) is 29.3 Å². The smallest absolute Gasteiger partial charge is 0.251 e. The lowest BCUT2D eigenvalue weighted by Gasteiger charge is -2.28. The van der Waals surface area contributed by atoms with Crippen molar-refractivity contribution in [2.24, 2.45) is 5.92 Å². The molecule has 2 rings (SSSR count). The van der Waals surface area contributed by atoms with E-state index in [4.69, 9.17) is 0 Å². The topological polar surface area (TPSA) is 41.1 Å². The van der Waals surface area contributed by atoms with Gasteiger partial charge >= 0.3 is 0 Å².